The van der Waals surface area contributed by atoms with Crippen molar-refractivity contribution in [1.29, 1.82) is 0 Å². The number of nitrogens with one attached hydrogen (secondary N) is 3. The normalized spacial score (nSPS) is 14.1. The fourth-order valence-corrected chi connectivity index (χ4v) is 5.59. The summed E-state index contributed by atoms with van der Waals surface area (Å²) in [6.07, 6.45) is -1.78. The van der Waals surface area contributed by atoms with E-state index < -0.39 is 18.0 Å². The summed E-state index contributed by atoms with van der Waals surface area (Å²) < 4.78 is 47.9. The number of para-hydroxylation sites is 2. The van der Waals surface area contributed by atoms with Crippen LogP contribution in [0.25, 0.3) is 16.6 Å². The van der Waals surface area contributed by atoms with Gasteiger partial charge in [-0.3, -0.25) is 14.0 Å². The van der Waals surface area contributed by atoms with E-state index in [4.69, 9.17) is 33.1 Å². The number of carboxylic acid groups (broad SMARTS) is 1. The number of rotatable bonds is 4. The summed E-state index contributed by atoms with van der Waals surface area (Å²) in [5.41, 5.74) is 3.51. The van der Waals surface area contributed by atoms with Gasteiger partial charge in [-0.2, -0.15) is 13.2 Å². The van der Waals surface area contributed by atoms with E-state index in [-0.39, 0.29) is 33.1 Å². The number of piperidine rings is 1. The van der Waals surface area contributed by atoms with Crippen LogP contribution in [0.3, 0.4) is 0 Å². The zero-order valence-electron chi connectivity index (χ0n) is 22.6. The number of halogens is 6. The molecule has 9 nitrogen and oxygen atoms in total. The average molecular weight is 652 g/mol. The van der Waals surface area contributed by atoms with Crippen LogP contribution in [0.15, 0.2) is 59.5 Å². The summed E-state index contributed by atoms with van der Waals surface area (Å²) in [6, 6.07) is 14.0. The van der Waals surface area contributed by atoms with Crippen molar-refractivity contribution in [2.75, 3.05) is 13.1 Å². The van der Waals surface area contributed by atoms with E-state index in [0.29, 0.717) is 36.3 Å². The van der Waals surface area contributed by atoms with Crippen molar-refractivity contribution in [3.8, 4) is 0 Å². The second kappa shape index (κ2) is 12.3. The number of H-pyrrole nitrogens is 3. The van der Waals surface area contributed by atoms with Gasteiger partial charge in [-0.15, -0.1) is 0 Å². The van der Waals surface area contributed by atoms with Crippen LogP contribution in [0.1, 0.15) is 46.2 Å². The van der Waals surface area contributed by atoms with Crippen molar-refractivity contribution >= 4 is 51.6 Å². The summed E-state index contributed by atoms with van der Waals surface area (Å²) in [7, 11) is 0. The lowest BCUT2D eigenvalue weighted by Gasteiger charge is -2.30. The number of fused-ring (bicyclic) bond motifs is 2. The third kappa shape index (κ3) is 6.43. The lowest BCUT2D eigenvalue weighted by atomic mass is 9.95. The maximum absolute atomic E-state index is 14.8. The SMILES string of the molecule is O=C([O-])C(F)(F)F.O=C(c1cc(Cc2c[nH]c(=O)c3cc(Cl)c(Cl)n23)ccc1F)N1CCC(c2[nH]c3ccccc3[nH+]2)CC1. The number of imidazole rings is 1. The zero-order chi connectivity index (χ0) is 31.8. The molecule has 1 saturated heterocycles. The molecule has 0 aliphatic carbocycles. The molecule has 0 unspecified atom stereocenters. The number of aromatic nitrogens is 4. The third-order valence-electron chi connectivity index (χ3n) is 7.32. The highest BCUT2D eigenvalue weighted by Crippen LogP contribution is 2.29. The first-order valence-electron chi connectivity index (χ1n) is 13.3. The molecule has 4 heterocycles. The van der Waals surface area contributed by atoms with E-state index >= 15 is 0 Å². The Balaban J connectivity index is 0.000000493. The number of alkyl halides is 3. The number of hydrogen-bond acceptors (Lipinski definition) is 4. The Morgan fingerprint density at radius 1 is 1.07 bits per heavy atom. The first-order chi connectivity index (χ1) is 20.8. The molecule has 1 fully saturated rings. The second-order valence-electron chi connectivity index (χ2n) is 10.2. The number of benzene rings is 2. The number of likely N-dealkylation sites (tertiary alicyclic amines) is 1. The Labute approximate surface area is 256 Å². The molecule has 0 saturated carbocycles. The number of aromatic amines is 3. The monoisotopic (exact) mass is 651 g/mol. The summed E-state index contributed by atoms with van der Waals surface area (Å²) in [6.45, 7) is 1.07. The van der Waals surface area contributed by atoms with Crippen LogP contribution in [0.5, 0.6) is 0 Å². The number of carbonyl (C=O) groups excluding carboxylic acids is 2. The first kappa shape index (κ1) is 31.1. The quantitative estimate of drug-likeness (QED) is 0.281. The van der Waals surface area contributed by atoms with Crippen molar-refractivity contribution in [3.63, 3.8) is 0 Å². The van der Waals surface area contributed by atoms with E-state index in [9.17, 15) is 27.2 Å². The van der Waals surface area contributed by atoms with E-state index in [0.717, 1.165) is 29.7 Å². The predicted molar refractivity (Wildman–Crippen MR) is 151 cm³/mol. The maximum atomic E-state index is 14.8. The molecule has 1 aliphatic heterocycles. The van der Waals surface area contributed by atoms with E-state index in [1.807, 2.05) is 24.3 Å². The molecule has 5 aromatic rings. The minimum atomic E-state index is -5.19. The highest BCUT2D eigenvalue weighted by Gasteiger charge is 2.30. The highest BCUT2D eigenvalue weighted by molar-refractivity contribution is 6.42. The lowest BCUT2D eigenvalue weighted by Crippen LogP contribution is -2.39. The topological polar surface area (TPSA) is 128 Å². The van der Waals surface area contributed by atoms with Gasteiger partial charge in [0.1, 0.15) is 22.5 Å². The van der Waals surface area contributed by atoms with Gasteiger partial charge in [0.05, 0.1) is 16.5 Å². The van der Waals surface area contributed by atoms with Gasteiger partial charge < -0.3 is 19.8 Å². The van der Waals surface area contributed by atoms with E-state index in [1.54, 1.807) is 27.6 Å². The fourth-order valence-electron chi connectivity index (χ4n) is 5.15. The van der Waals surface area contributed by atoms with Crippen LogP contribution >= 0.6 is 23.2 Å². The van der Waals surface area contributed by atoms with Gasteiger partial charge in [0, 0.05) is 31.4 Å². The zero-order valence-corrected chi connectivity index (χ0v) is 24.1. The molecule has 44 heavy (non-hydrogen) atoms. The van der Waals surface area contributed by atoms with Crippen molar-refractivity contribution in [2.45, 2.75) is 31.4 Å². The van der Waals surface area contributed by atoms with Crippen molar-refractivity contribution < 1.29 is 37.2 Å². The minimum absolute atomic E-state index is 0.0328. The molecule has 0 bridgehead atoms. The molecule has 3 N–H and O–H groups in total. The molecular formula is C29H23Cl2F4N5O4. The van der Waals surface area contributed by atoms with Gasteiger partial charge in [-0.05, 0) is 48.7 Å². The van der Waals surface area contributed by atoms with Gasteiger partial charge in [0.2, 0.25) is 0 Å². The smallest absolute Gasteiger partial charge is 0.430 e. The molecule has 0 spiro atoms. The largest absolute Gasteiger partial charge is 0.542 e. The number of carbonyl (C=O) groups is 2. The molecule has 6 rings (SSSR count). The van der Waals surface area contributed by atoms with E-state index in [1.165, 1.54) is 12.1 Å². The van der Waals surface area contributed by atoms with Crippen LogP contribution in [0, 0.1) is 5.82 Å². The number of amides is 1. The standard InChI is InChI=1S/C27H22Cl2FN5O2.C2HF3O2/c28-19-13-23-26(36)31-14-17(35(23)24(19)29)11-15-5-6-20(30)18(12-15)27(37)34-9-7-16(8-10-34)25-32-21-3-1-2-4-22(21)33-25;3-2(4,5)1(6)7/h1-6,12-14,16H,7-11H2,(H,31,36)(H,32,33);(H,6,7). The molecule has 1 amide bonds. The first-order valence-corrected chi connectivity index (χ1v) is 14.0. The van der Waals surface area contributed by atoms with Crippen LogP contribution in [0.4, 0.5) is 17.6 Å². The number of hydrogen-bond donors (Lipinski definition) is 2. The molecule has 15 heteroatoms. The van der Waals surface area contributed by atoms with Gasteiger partial charge in [-0.1, -0.05) is 41.4 Å². The van der Waals surface area contributed by atoms with Gasteiger partial charge in [-0.25, -0.2) is 14.4 Å². The molecule has 0 atom stereocenters. The Bertz CT molecular complexity index is 1890. The molecule has 2 aromatic carbocycles. The van der Waals surface area contributed by atoms with Crippen molar-refractivity contribution in [2.24, 2.45) is 0 Å². The highest BCUT2D eigenvalue weighted by atomic mass is 35.5. The summed E-state index contributed by atoms with van der Waals surface area (Å²) in [5, 5.41) is 9.28. The Hall–Kier alpha value is -4.36. The minimum Gasteiger partial charge on any atom is -0.542 e. The van der Waals surface area contributed by atoms with Crippen LogP contribution < -0.4 is 15.6 Å². The second-order valence-corrected chi connectivity index (χ2v) is 10.9. The summed E-state index contributed by atoms with van der Waals surface area (Å²) >= 11 is 12.5. The van der Waals surface area contributed by atoms with E-state index in [2.05, 4.69) is 15.0 Å². The van der Waals surface area contributed by atoms with Crippen LogP contribution in [-0.2, 0) is 11.2 Å². The molecular weight excluding hydrogens is 629 g/mol. The Kier molecular flexibility index (Phi) is 8.71. The van der Waals surface area contributed by atoms with Crippen LogP contribution in [0.2, 0.25) is 10.2 Å². The Morgan fingerprint density at radius 2 is 1.75 bits per heavy atom. The molecule has 1 aliphatic rings. The van der Waals surface area contributed by atoms with Crippen molar-refractivity contribution in [3.05, 3.63) is 104 Å². The predicted octanol–water partition coefficient (Wildman–Crippen LogP) is 4.28. The summed E-state index contributed by atoms with van der Waals surface area (Å²) in [4.78, 5) is 45.5. The number of aliphatic carboxylic acids is 1. The number of nitrogens with zero attached hydrogens (tertiary/aromatic N) is 2. The van der Waals surface area contributed by atoms with Gasteiger partial charge in [0.25, 0.3) is 17.3 Å². The molecule has 3 aromatic heterocycles. The molecule has 0 radical (unpaired) electrons. The van der Waals surface area contributed by atoms with Gasteiger partial charge in [0.15, 0.2) is 11.0 Å². The maximum Gasteiger partial charge on any atom is 0.430 e. The Morgan fingerprint density at radius 3 is 2.41 bits per heavy atom. The third-order valence-corrected chi connectivity index (χ3v) is 8.08. The fraction of sp³-hybridized carbons (Fsp3) is 0.241. The lowest BCUT2D eigenvalue weighted by molar-refractivity contribution is -0.361. The van der Waals surface area contributed by atoms with Crippen LogP contribution in [-0.4, -0.2) is 50.4 Å². The average Bonchev–Trinajstić information content (AvgIpc) is 3.56. The number of carboxylic acids is 1. The van der Waals surface area contributed by atoms with Gasteiger partial charge >= 0.3 is 6.18 Å². The van der Waals surface area contributed by atoms with Crippen molar-refractivity contribution in [1.82, 2.24) is 19.3 Å². The summed E-state index contributed by atoms with van der Waals surface area (Å²) in [5.74, 6) is -2.57. The molecule has 230 valence electrons.